The number of hydrogen-bond acceptors (Lipinski definition) is 1. The lowest BCUT2D eigenvalue weighted by atomic mass is 9.79. The molecule has 0 heterocycles. The SMILES string of the molecule is CNC(c1ccc(C2CCC2)cc1)C1CCCCCC1. The average Bonchev–Trinajstić information content (AvgIpc) is 2.69. The molecular weight excluding hydrogens is 242 g/mol. The highest BCUT2D eigenvalue weighted by atomic mass is 14.9. The maximum absolute atomic E-state index is 3.59. The summed E-state index contributed by atoms with van der Waals surface area (Å²) in [6, 6.07) is 10.1. The fourth-order valence-electron chi connectivity index (χ4n) is 4.04. The second-order valence-corrected chi connectivity index (χ2v) is 6.81. The van der Waals surface area contributed by atoms with Crippen LogP contribution < -0.4 is 5.32 Å². The molecule has 110 valence electrons. The van der Waals surface area contributed by atoms with Gasteiger partial charge in [-0.15, -0.1) is 0 Å². The number of benzene rings is 1. The molecule has 1 nitrogen and oxygen atoms in total. The van der Waals surface area contributed by atoms with E-state index in [1.54, 1.807) is 5.56 Å². The Kier molecular flexibility index (Phi) is 4.77. The quantitative estimate of drug-likeness (QED) is 0.744. The van der Waals surface area contributed by atoms with Gasteiger partial charge in [-0.3, -0.25) is 0 Å². The number of rotatable bonds is 4. The lowest BCUT2D eigenvalue weighted by Gasteiger charge is -2.28. The Balaban J connectivity index is 1.70. The molecule has 2 fully saturated rings. The Morgan fingerprint density at radius 1 is 0.850 bits per heavy atom. The van der Waals surface area contributed by atoms with Gasteiger partial charge in [0.2, 0.25) is 0 Å². The van der Waals surface area contributed by atoms with E-state index in [-0.39, 0.29) is 0 Å². The first-order valence-electron chi connectivity index (χ1n) is 8.65. The summed E-state index contributed by atoms with van der Waals surface area (Å²) in [7, 11) is 2.13. The Hall–Kier alpha value is -0.820. The molecule has 1 atom stereocenters. The van der Waals surface area contributed by atoms with E-state index >= 15 is 0 Å². The summed E-state index contributed by atoms with van der Waals surface area (Å²) in [6.45, 7) is 0. The minimum absolute atomic E-state index is 0.559. The summed E-state index contributed by atoms with van der Waals surface area (Å²) in [5.41, 5.74) is 3.07. The topological polar surface area (TPSA) is 12.0 Å². The fraction of sp³-hybridized carbons (Fsp3) is 0.684. The van der Waals surface area contributed by atoms with Gasteiger partial charge in [-0.2, -0.15) is 0 Å². The second-order valence-electron chi connectivity index (χ2n) is 6.81. The molecule has 20 heavy (non-hydrogen) atoms. The van der Waals surface area contributed by atoms with Crippen molar-refractivity contribution >= 4 is 0 Å². The fourth-order valence-corrected chi connectivity index (χ4v) is 4.04. The Labute approximate surface area is 124 Å². The molecule has 0 saturated heterocycles. The minimum atomic E-state index is 0.559. The number of hydrogen-bond donors (Lipinski definition) is 1. The molecule has 0 aromatic heterocycles. The minimum Gasteiger partial charge on any atom is -0.313 e. The van der Waals surface area contributed by atoms with E-state index in [1.807, 2.05) is 0 Å². The highest BCUT2D eigenvalue weighted by Crippen LogP contribution is 2.38. The van der Waals surface area contributed by atoms with Crippen molar-refractivity contribution < 1.29 is 0 Å². The lowest BCUT2D eigenvalue weighted by molar-refractivity contribution is 0.341. The van der Waals surface area contributed by atoms with Crippen molar-refractivity contribution in [3.8, 4) is 0 Å². The van der Waals surface area contributed by atoms with E-state index in [2.05, 4.69) is 36.6 Å². The predicted molar refractivity (Wildman–Crippen MR) is 86.0 cm³/mol. The Morgan fingerprint density at radius 2 is 1.50 bits per heavy atom. The van der Waals surface area contributed by atoms with E-state index in [0.29, 0.717) is 6.04 Å². The second kappa shape index (κ2) is 6.76. The van der Waals surface area contributed by atoms with E-state index in [0.717, 1.165) is 11.8 Å². The van der Waals surface area contributed by atoms with Crippen LogP contribution in [0.3, 0.4) is 0 Å². The molecule has 2 aliphatic rings. The van der Waals surface area contributed by atoms with Crippen molar-refractivity contribution in [2.45, 2.75) is 69.7 Å². The van der Waals surface area contributed by atoms with Crippen LogP contribution in [0.25, 0.3) is 0 Å². The van der Waals surface area contributed by atoms with E-state index in [4.69, 9.17) is 0 Å². The van der Waals surface area contributed by atoms with Crippen molar-refractivity contribution in [1.29, 1.82) is 0 Å². The van der Waals surface area contributed by atoms with Gasteiger partial charge in [-0.1, -0.05) is 56.4 Å². The van der Waals surface area contributed by atoms with Crippen LogP contribution in [-0.4, -0.2) is 7.05 Å². The van der Waals surface area contributed by atoms with Gasteiger partial charge in [0, 0.05) is 6.04 Å². The zero-order valence-corrected chi connectivity index (χ0v) is 12.9. The van der Waals surface area contributed by atoms with Crippen molar-refractivity contribution in [2.75, 3.05) is 7.05 Å². The zero-order valence-electron chi connectivity index (χ0n) is 12.9. The predicted octanol–water partition coefficient (Wildman–Crippen LogP) is 5.19. The molecule has 2 aliphatic carbocycles. The monoisotopic (exact) mass is 271 g/mol. The van der Waals surface area contributed by atoms with Crippen LogP contribution in [0.5, 0.6) is 0 Å². The molecule has 1 aromatic rings. The summed E-state index contributed by atoms with van der Waals surface area (Å²) in [5, 5.41) is 3.59. The molecule has 1 aromatic carbocycles. The first kappa shape index (κ1) is 14.1. The molecule has 0 spiro atoms. The van der Waals surface area contributed by atoms with Crippen LogP contribution in [-0.2, 0) is 0 Å². The Morgan fingerprint density at radius 3 is 2.00 bits per heavy atom. The maximum Gasteiger partial charge on any atom is 0.0346 e. The Bertz CT molecular complexity index is 396. The van der Waals surface area contributed by atoms with Gasteiger partial charge in [0.15, 0.2) is 0 Å². The maximum atomic E-state index is 3.59. The van der Waals surface area contributed by atoms with Crippen LogP contribution in [0.4, 0.5) is 0 Å². The van der Waals surface area contributed by atoms with Gasteiger partial charge >= 0.3 is 0 Å². The van der Waals surface area contributed by atoms with Crippen molar-refractivity contribution in [1.82, 2.24) is 5.32 Å². The van der Waals surface area contributed by atoms with Gasteiger partial charge in [0.05, 0.1) is 0 Å². The molecule has 0 radical (unpaired) electrons. The standard InChI is InChI=1S/C19H29N/c1-20-19(17-7-4-2-3-5-8-17)18-13-11-16(12-14-18)15-9-6-10-15/h11-15,17,19-20H,2-10H2,1H3. The van der Waals surface area contributed by atoms with Gasteiger partial charge in [0.25, 0.3) is 0 Å². The highest BCUT2D eigenvalue weighted by molar-refractivity contribution is 5.28. The molecule has 1 unspecified atom stereocenters. The molecule has 1 heteroatoms. The largest absolute Gasteiger partial charge is 0.313 e. The normalized spacial score (nSPS) is 23.1. The van der Waals surface area contributed by atoms with Crippen LogP contribution in [0.15, 0.2) is 24.3 Å². The summed E-state index contributed by atoms with van der Waals surface area (Å²) >= 11 is 0. The zero-order chi connectivity index (χ0) is 13.8. The van der Waals surface area contributed by atoms with E-state index in [1.165, 1.54) is 63.4 Å². The van der Waals surface area contributed by atoms with Crippen molar-refractivity contribution in [2.24, 2.45) is 5.92 Å². The van der Waals surface area contributed by atoms with E-state index < -0.39 is 0 Å². The first-order valence-corrected chi connectivity index (χ1v) is 8.65. The summed E-state index contributed by atoms with van der Waals surface area (Å²) in [5.74, 6) is 1.69. The molecule has 0 amide bonds. The molecular formula is C19H29N. The third-order valence-corrected chi connectivity index (χ3v) is 5.55. The van der Waals surface area contributed by atoms with Gasteiger partial charge in [-0.25, -0.2) is 0 Å². The van der Waals surface area contributed by atoms with Crippen molar-refractivity contribution in [3.63, 3.8) is 0 Å². The molecule has 0 aliphatic heterocycles. The highest BCUT2D eigenvalue weighted by Gasteiger charge is 2.24. The smallest absolute Gasteiger partial charge is 0.0346 e. The third kappa shape index (κ3) is 3.09. The van der Waals surface area contributed by atoms with Gasteiger partial charge in [-0.05, 0) is 55.7 Å². The first-order chi connectivity index (χ1) is 9.88. The molecule has 0 bridgehead atoms. The van der Waals surface area contributed by atoms with Crippen LogP contribution >= 0.6 is 0 Å². The summed E-state index contributed by atoms with van der Waals surface area (Å²) in [6.07, 6.45) is 12.7. The van der Waals surface area contributed by atoms with Gasteiger partial charge in [0.1, 0.15) is 0 Å². The average molecular weight is 271 g/mol. The molecule has 2 saturated carbocycles. The lowest BCUT2D eigenvalue weighted by Crippen LogP contribution is -2.25. The van der Waals surface area contributed by atoms with Crippen LogP contribution in [0.2, 0.25) is 0 Å². The van der Waals surface area contributed by atoms with Crippen LogP contribution in [0.1, 0.15) is 80.9 Å². The third-order valence-electron chi connectivity index (χ3n) is 5.55. The molecule has 3 rings (SSSR count). The van der Waals surface area contributed by atoms with Crippen LogP contribution in [0, 0.1) is 5.92 Å². The number of nitrogens with one attached hydrogen (secondary N) is 1. The summed E-state index contributed by atoms with van der Waals surface area (Å²) in [4.78, 5) is 0. The summed E-state index contributed by atoms with van der Waals surface area (Å²) < 4.78 is 0. The molecule has 1 N–H and O–H groups in total. The van der Waals surface area contributed by atoms with E-state index in [9.17, 15) is 0 Å². The van der Waals surface area contributed by atoms with Crippen molar-refractivity contribution in [3.05, 3.63) is 35.4 Å². The van der Waals surface area contributed by atoms with Gasteiger partial charge < -0.3 is 5.32 Å².